The number of amides is 1. The molecule has 0 atom stereocenters. The van der Waals surface area contributed by atoms with Crippen molar-refractivity contribution in [2.75, 3.05) is 25.4 Å². The summed E-state index contributed by atoms with van der Waals surface area (Å²) < 4.78 is 0. The van der Waals surface area contributed by atoms with E-state index in [0.717, 1.165) is 25.9 Å². The summed E-state index contributed by atoms with van der Waals surface area (Å²) in [5.74, 6) is 0.946. The van der Waals surface area contributed by atoms with Crippen LogP contribution in [0.2, 0.25) is 0 Å². The summed E-state index contributed by atoms with van der Waals surface area (Å²) in [4.78, 5) is 16.5. The fraction of sp³-hybridized carbons (Fsp3) is 0.929. The van der Waals surface area contributed by atoms with Gasteiger partial charge in [-0.1, -0.05) is 0 Å². The van der Waals surface area contributed by atoms with Crippen molar-refractivity contribution in [3.8, 4) is 0 Å². The van der Waals surface area contributed by atoms with Crippen LogP contribution in [0.15, 0.2) is 0 Å². The SMILES string of the molecule is CC1(C)CCCN1C1CCN(C(=O)CCS)CC1. The lowest BCUT2D eigenvalue weighted by Gasteiger charge is -2.42. The first-order valence-electron chi connectivity index (χ1n) is 7.20. The number of nitrogens with zero attached hydrogens (tertiary/aromatic N) is 2. The molecule has 0 saturated carbocycles. The van der Waals surface area contributed by atoms with Crippen LogP contribution in [-0.2, 0) is 4.79 Å². The Morgan fingerprint density at radius 3 is 2.44 bits per heavy atom. The van der Waals surface area contributed by atoms with Gasteiger partial charge in [0.2, 0.25) is 5.91 Å². The third-order valence-corrected chi connectivity index (χ3v) is 4.77. The van der Waals surface area contributed by atoms with Crippen molar-refractivity contribution in [3.05, 3.63) is 0 Å². The molecule has 18 heavy (non-hydrogen) atoms. The molecule has 0 aliphatic carbocycles. The van der Waals surface area contributed by atoms with Gasteiger partial charge >= 0.3 is 0 Å². The van der Waals surface area contributed by atoms with Crippen LogP contribution in [0.4, 0.5) is 0 Å². The Bertz CT molecular complexity index is 298. The molecule has 104 valence electrons. The maximum Gasteiger partial charge on any atom is 0.223 e. The molecule has 2 aliphatic heterocycles. The monoisotopic (exact) mass is 270 g/mol. The van der Waals surface area contributed by atoms with Crippen LogP contribution in [0.3, 0.4) is 0 Å². The number of piperidine rings is 1. The van der Waals surface area contributed by atoms with E-state index < -0.39 is 0 Å². The molecule has 0 radical (unpaired) electrons. The molecule has 0 aromatic carbocycles. The van der Waals surface area contributed by atoms with Crippen LogP contribution < -0.4 is 0 Å². The predicted molar refractivity (Wildman–Crippen MR) is 78.1 cm³/mol. The van der Waals surface area contributed by atoms with Gasteiger partial charge in [-0.25, -0.2) is 0 Å². The summed E-state index contributed by atoms with van der Waals surface area (Å²) in [5.41, 5.74) is 0.363. The van der Waals surface area contributed by atoms with Crippen molar-refractivity contribution < 1.29 is 4.79 Å². The summed E-state index contributed by atoms with van der Waals surface area (Å²) in [5, 5.41) is 0. The summed E-state index contributed by atoms with van der Waals surface area (Å²) >= 11 is 4.14. The summed E-state index contributed by atoms with van der Waals surface area (Å²) in [6.45, 7) is 7.83. The third-order valence-electron chi connectivity index (χ3n) is 4.55. The van der Waals surface area contributed by atoms with Gasteiger partial charge in [-0.05, 0) is 51.8 Å². The quantitative estimate of drug-likeness (QED) is 0.795. The lowest BCUT2D eigenvalue weighted by molar-refractivity contribution is -0.132. The van der Waals surface area contributed by atoms with Crippen molar-refractivity contribution in [2.24, 2.45) is 0 Å². The first kappa shape index (κ1) is 14.2. The molecule has 0 aromatic heterocycles. The number of thiol groups is 1. The minimum atomic E-state index is 0.282. The van der Waals surface area contributed by atoms with E-state index >= 15 is 0 Å². The van der Waals surface area contributed by atoms with Gasteiger partial charge in [-0.2, -0.15) is 12.6 Å². The second-order valence-electron chi connectivity index (χ2n) is 6.19. The Hall–Kier alpha value is -0.220. The van der Waals surface area contributed by atoms with Crippen molar-refractivity contribution in [1.29, 1.82) is 0 Å². The van der Waals surface area contributed by atoms with E-state index in [-0.39, 0.29) is 5.91 Å². The molecular weight excluding hydrogens is 244 g/mol. The largest absolute Gasteiger partial charge is 0.343 e. The lowest BCUT2D eigenvalue weighted by atomic mass is 9.96. The minimum absolute atomic E-state index is 0.282. The van der Waals surface area contributed by atoms with E-state index in [4.69, 9.17) is 0 Å². The summed E-state index contributed by atoms with van der Waals surface area (Å²) in [7, 11) is 0. The Balaban J connectivity index is 1.85. The zero-order valence-corrected chi connectivity index (χ0v) is 12.6. The maximum atomic E-state index is 11.8. The van der Waals surface area contributed by atoms with Crippen LogP contribution in [0, 0.1) is 0 Å². The number of hydrogen-bond donors (Lipinski definition) is 1. The van der Waals surface area contributed by atoms with Crippen LogP contribution >= 0.6 is 12.6 Å². The van der Waals surface area contributed by atoms with Gasteiger partial charge in [0.1, 0.15) is 0 Å². The molecule has 0 unspecified atom stereocenters. The standard InChI is InChI=1S/C14H26N2OS/c1-14(2)7-3-8-16(14)12-4-9-15(10-5-12)13(17)6-11-18/h12,18H,3-11H2,1-2H3. The van der Waals surface area contributed by atoms with E-state index in [1.54, 1.807) is 0 Å². The highest BCUT2D eigenvalue weighted by atomic mass is 32.1. The number of hydrogen-bond acceptors (Lipinski definition) is 3. The summed E-state index contributed by atoms with van der Waals surface area (Å²) in [6, 6.07) is 0.683. The molecule has 4 heteroatoms. The molecular formula is C14H26N2OS. The fourth-order valence-corrected chi connectivity index (χ4v) is 3.68. The fourth-order valence-electron chi connectivity index (χ4n) is 3.49. The first-order chi connectivity index (χ1) is 8.54. The molecule has 2 aliphatic rings. The normalized spacial score (nSPS) is 25.6. The van der Waals surface area contributed by atoms with Crippen molar-refractivity contribution in [1.82, 2.24) is 9.80 Å². The highest BCUT2D eigenvalue weighted by Gasteiger charge is 2.38. The van der Waals surface area contributed by atoms with Crippen LogP contribution in [0.1, 0.15) is 46.0 Å². The van der Waals surface area contributed by atoms with Gasteiger partial charge in [-0.15, -0.1) is 0 Å². The van der Waals surface area contributed by atoms with E-state index in [1.807, 2.05) is 4.90 Å². The molecule has 2 rings (SSSR count). The summed E-state index contributed by atoms with van der Waals surface area (Å²) in [6.07, 6.45) is 5.50. The first-order valence-corrected chi connectivity index (χ1v) is 7.83. The Kier molecular flexibility index (Phi) is 4.59. The molecule has 1 amide bonds. The van der Waals surface area contributed by atoms with E-state index in [1.165, 1.54) is 19.4 Å². The van der Waals surface area contributed by atoms with Crippen molar-refractivity contribution in [2.45, 2.75) is 57.5 Å². The number of likely N-dealkylation sites (tertiary alicyclic amines) is 2. The van der Waals surface area contributed by atoms with Gasteiger partial charge in [0.05, 0.1) is 0 Å². The van der Waals surface area contributed by atoms with E-state index in [9.17, 15) is 4.79 Å². The Labute approximate surface area is 116 Å². The van der Waals surface area contributed by atoms with Crippen LogP contribution in [-0.4, -0.2) is 52.7 Å². The number of carbonyl (C=O) groups is 1. The molecule has 2 heterocycles. The molecule has 0 N–H and O–H groups in total. The molecule has 0 aromatic rings. The molecule has 0 spiro atoms. The zero-order valence-electron chi connectivity index (χ0n) is 11.7. The minimum Gasteiger partial charge on any atom is -0.343 e. The van der Waals surface area contributed by atoms with Crippen molar-refractivity contribution in [3.63, 3.8) is 0 Å². The smallest absolute Gasteiger partial charge is 0.223 e. The van der Waals surface area contributed by atoms with Gasteiger partial charge < -0.3 is 4.90 Å². The average molecular weight is 270 g/mol. The van der Waals surface area contributed by atoms with E-state index in [2.05, 4.69) is 31.4 Å². The third kappa shape index (κ3) is 3.02. The molecule has 3 nitrogen and oxygen atoms in total. The van der Waals surface area contributed by atoms with Gasteiger partial charge in [-0.3, -0.25) is 9.69 Å². The molecule has 2 saturated heterocycles. The maximum absolute atomic E-state index is 11.8. The van der Waals surface area contributed by atoms with Crippen LogP contribution in [0.25, 0.3) is 0 Å². The topological polar surface area (TPSA) is 23.6 Å². The predicted octanol–water partition coefficient (Wildman–Crippen LogP) is 2.17. The highest BCUT2D eigenvalue weighted by molar-refractivity contribution is 7.80. The number of carbonyl (C=O) groups excluding carboxylic acids is 1. The Morgan fingerprint density at radius 2 is 1.94 bits per heavy atom. The van der Waals surface area contributed by atoms with Crippen molar-refractivity contribution >= 4 is 18.5 Å². The average Bonchev–Trinajstić information content (AvgIpc) is 2.69. The van der Waals surface area contributed by atoms with Gasteiger partial charge in [0, 0.05) is 31.1 Å². The number of rotatable bonds is 3. The second kappa shape index (κ2) is 5.83. The lowest BCUT2D eigenvalue weighted by Crippen LogP contribution is -2.51. The zero-order chi connectivity index (χ0) is 13.2. The van der Waals surface area contributed by atoms with Crippen LogP contribution in [0.5, 0.6) is 0 Å². The van der Waals surface area contributed by atoms with Gasteiger partial charge in [0.15, 0.2) is 0 Å². The molecule has 2 fully saturated rings. The molecule has 0 bridgehead atoms. The second-order valence-corrected chi connectivity index (χ2v) is 6.64. The van der Waals surface area contributed by atoms with Gasteiger partial charge in [0.25, 0.3) is 0 Å². The Morgan fingerprint density at radius 1 is 1.28 bits per heavy atom. The highest BCUT2D eigenvalue weighted by Crippen LogP contribution is 2.33. The van der Waals surface area contributed by atoms with E-state index in [0.29, 0.717) is 23.8 Å².